The second-order valence-electron chi connectivity index (χ2n) is 4.42. The van der Waals surface area contributed by atoms with E-state index in [2.05, 4.69) is 15.1 Å². The highest BCUT2D eigenvalue weighted by Crippen LogP contribution is 2.30. The number of rotatable bonds is 4. The van der Waals surface area contributed by atoms with Crippen LogP contribution in [0.4, 0.5) is 13.2 Å². The minimum atomic E-state index is -4.76. The van der Waals surface area contributed by atoms with Gasteiger partial charge in [0.05, 0.1) is 13.3 Å². The maximum absolute atomic E-state index is 12.8. The lowest BCUT2D eigenvalue weighted by Gasteiger charge is -2.04. The number of carbonyl (C=O) groups is 1. The van der Waals surface area contributed by atoms with E-state index in [0.29, 0.717) is 11.3 Å². The number of benzene rings is 1. The average molecular weight is 327 g/mol. The van der Waals surface area contributed by atoms with Crippen LogP contribution in [0, 0.1) is 0 Å². The predicted octanol–water partition coefficient (Wildman–Crippen LogP) is 2.64. The van der Waals surface area contributed by atoms with Gasteiger partial charge in [0.25, 0.3) is 0 Å². The smallest absolute Gasteiger partial charge is 0.436 e. The summed E-state index contributed by atoms with van der Waals surface area (Å²) in [5, 5.41) is 6.62. The first-order valence-electron chi connectivity index (χ1n) is 6.31. The van der Waals surface area contributed by atoms with Crippen molar-refractivity contribution < 1.29 is 27.5 Å². The maximum Gasteiger partial charge on any atom is 0.436 e. The Morgan fingerprint density at radius 1 is 1.35 bits per heavy atom. The number of nitrogens with zero attached hydrogens (tertiary/aromatic N) is 3. The molecule has 0 spiro atoms. The van der Waals surface area contributed by atoms with Crippen molar-refractivity contribution in [2.24, 2.45) is 12.2 Å². The first-order valence-corrected chi connectivity index (χ1v) is 6.31. The molecule has 0 aliphatic heterocycles. The lowest BCUT2D eigenvalue weighted by atomic mass is 10.2. The molecule has 2 aromatic rings. The third kappa shape index (κ3) is 3.87. The number of aromatic nitrogens is 2. The van der Waals surface area contributed by atoms with Crippen molar-refractivity contribution in [3.05, 3.63) is 47.3 Å². The zero-order valence-electron chi connectivity index (χ0n) is 12.2. The van der Waals surface area contributed by atoms with Crippen molar-refractivity contribution in [3.63, 3.8) is 0 Å². The van der Waals surface area contributed by atoms with Crippen LogP contribution in [0.5, 0.6) is 5.75 Å². The van der Waals surface area contributed by atoms with Gasteiger partial charge in [0.2, 0.25) is 0 Å². The quantitative estimate of drug-likeness (QED) is 0.492. The Hall–Kier alpha value is -2.84. The van der Waals surface area contributed by atoms with E-state index >= 15 is 0 Å². The van der Waals surface area contributed by atoms with Crippen molar-refractivity contribution >= 4 is 12.2 Å². The van der Waals surface area contributed by atoms with Crippen LogP contribution < -0.4 is 4.74 Å². The molecule has 0 aliphatic carbocycles. The molecule has 0 bridgehead atoms. The second kappa shape index (κ2) is 6.51. The van der Waals surface area contributed by atoms with E-state index in [1.54, 1.807) is 24.3 Å². The number of hydrogen-bond donors (Lipinski definition) is 0. The summed E-state index contributed by atoms with van der Waals surface area (Å²) in [5.41, 5.74) is -1.53. The average Bonchev–Trinajstić information content (AvgIpc) is 2.90. The van der Waals surface area contributed by atoms with Crippen molar-refractivity contribution in [2.75, 3.05) is 7.11 Å². The van der Waals surface area contributed by atoms with E-state index in [1.807, 2.05) is 0 Å². The molecule has 0 N–H and O–H groups in total. The first kappa shape index (κ1) is 16.5. The number of hydrogen-bond acceptors (Lipinski definition) is 5. The molecule has 122 valence electrons. The van der Waals surface area contributed by atoms with Crippen LogP contribution in [0.2, 0.25) is 0 Å². The van der Waals surface area contributed by atoms with Gasteiger partial charge in [-0.2, -0.15) is 18.3 Å². The van der Waals surface area contributed by atoms with E-state index in [-0.39, 0.29) is 0 Å². The Kier molecular flexibility index (Phi) is 4.68. The number of carbonyl (C=O) groups excluding carboxylic acids is 1. The minimum absolute atomic E-state index is 0.477. The lowest BCUT2D eigenvalue weighted by molar-refractivity contribution is -0.142. The molecule has 2 rings (SSSR count). The maximum atomic E-state index is 12.8. The molecule has 0 atom stereocenters. The molecule has 6 nitrogen and oxygen atoms in total. The molecule has 0 saturated carbocycles. The Balaban J connectivity index is 2.16. The largest absolute Gasteiger partial charge is 0.496 e. The molecule has 0 amide bonds. The van der Waals surface area contributed by atoms with Crippen LogP contribution in [0.15, 0.2) is 35.6 Å². The SMILES string of the molecule is COc1ccccc1/C=N/OC(=O)c1cn(C)nc1C(F)(F)F. The zero-order chi connectivity index (χ0) is 17.0. The first-order chi connectivity index (χ1) is 10.8. The molecule has 1 heterocycles. The van der Waals surface area contributed by atoms with E-state index in [1.165, 1.54) is 20.4 Å². The van der Waals surface area contributed by atoms with E-state index in [0.717, 1.165) is 10.9 Å². The van der Waals surface area contributed by atoms with Gasteiger partial charge >= 0.3 is 12.1 Å². The van der Waals surface area contributed by atoms with Crippen LogP contribution in [0.1, 0.15) is 21.6 Å². The summed E-state index contributed by atoms with van der Waals surface area (Å²) in [5.74, 6) is -0.777. The lowest BCUT2D eigenvalue weighted by Crippen LogP contribution is -2.13. The minimum Gasteiger partial charge on any atom is -0.496 e. The Morgan fingerprint density at radius 2 is 2.04 bits per heavy atom. The summed E-state index contributed by atoms with van der Waals surface area (Å²) in [6.45, 7) is 0. The number of aryl methyl sites for hydroxylation is 1. The van der Waals surface area contributed by atoms with Gasteiger partial charge in [-0.05, 0) is 12.1 Å². The van der Waals surface area contributed by atoms with Gasteiger partial charge in [-0.3, -0.25) is 4.68 Å². The number of methoxy groups -OCH3 is 1. The van der Waals surface area contributed by atoms with E-state index in [4.69, 9.17) is 4.74 Å². The highest BCUT2D eigenvalue weighted by molar-refractivity contribution is 5.91. The number of oxime groups is 1. The van der Waals surface area contributed by atoms with Gasteiger partial charge in [-0.1, -0.05) is 17.3 Å². The molecule has 23 heavy (non-hydrogen) atoms. The fraction of sp³-hybridized carbons (Fsp3) is 0.214. The van der Waals surface area contributed by atoms with Crippen molar-refractivity contribution in [1.82, 2.24) is 9.78 Å². The van der Waals surface area contributed by atoms with Gasteiger partial charge in [0.15, 0.2) is 5.69 Å². The third-order valence-corrected chi connectivity index (χ3v) is 2.78. The topological polar surface area (TPSA) is 65.7 Å². The molecule has 0 fully saturated rings. The van der Waals surface area contributed by atoms with Crippen molar-refractivity contribution in [3.8, 4) is 5.75 Å². The Morgan fingerprint density at radius 3 is 2.70 bits per heavy atom. The molecular weight excluding hydrogens is 315 g/mol. The summed E-state index contributed by atoms with van der Waals surface area (Å²) in [4.78, 5) is 16.3. The fourth-order valence-corrected chi connectivity index (χ4v) is 1.80. The van der Waals surface area contributed by atoms with Gasteiger partial charge in [-0.25, -0.2) is 4.79 Å². The highest BCUT2D eigenvalue weighted by atomic mass is 19.4. The van der Waals surface area contributed by atoms with E-state index in [9.17, 15) is 18.0 Å². The van der Waals surface area contributed by atoms with Crippen LogP contribution in [0.25, 0.3) is 0 Å². The summed E-state index contributed by atoms with van der Waals surface area (Å²) >= 11 is 0. The molecular formula is C14H12F3N3O3. The predicted molar refractivity (Wildman–Crippen MR) is 74.2 cm³/mol. The third-order valence-electron chi connectivity index (χ3n) is 2.78. The van der Waals surface area contributed by atoms with Crippen LogP contribution in [-0.2, 0) is 18.1 Å². The number of halogens is 3. The summed E-state index contributed by atoms with van der Waals surface area (Å²) < 4.78 is 44.2. The molecule has 9 heteroatoms. The number of alkyl halides is 3. The van der Waals surface area contributed by atoms with Gasteiger partial charge in [-0.15, -0.1) is 0 Å². The van der Waals surface area contributed by atoms with Gasteiger partial charge < -0.3 is 9.57 Å². The number of para-hydroxylation sites is 1. The molecule has 1 aromatic heterocycles. The zero-order valence-corrected chi connectivity index (χ0v) is 12.2. The van der Waals surface area contributed by atoms with Crippen LogP contribution >= 0.6 is 0 Å². The van der Waals surface area contributed by atoms with E-state index < -0.39 is 23.4 Å². The summed E-state index contributed by atoms with van der Waals surface area (Å²) in [7, 11) is 2.72. The molecule has 0 unspecified atom stereocenters. The molecule has 0 aliphatic rings. The van der Waals surface area contributed by atoms with Gasteiger partial charge in [0.1, 0.15) is 11.3 Å². The molecule has 0 saturated heterocycles. The fourth-order valence-electron chi connectivity index (χ4n) is 1.80. The van der Waals surface area contributed by atoms with Gasteiger partial charge in [0, 0.05) is 18.8 Å². The molecule has 0 radical (unpaired) electrons. The summed E-state index contributed by atoms with van der Waals surface area (Å²) in [6, 6.07) is 6.73. The van der Waals surface area contributed by atoms with Crippen molar-refractivity contribution in [1.29, 1.82) is 0 Å². The second-order valence-corrected chi connectivity index (χ2v) is 4.42. The summed E-state index contributed by atoms with van der Waals surface area (Å²) in [6.07, 6.45) is -2.67. The standard InChI is InChI=1S/C14H12F3N3O3/c1-20-8-10(12(19-20)14(15,16)17)13(21)23-18-7-9-5-3-4-6-11(9)22-2/h3-8H,1-2H3/b18-7+. The van der Waals surface area contributed by atoms with Crippen LogP contribution in [-0.4, -0.2) is 29.1 Å². The number of ether oxygens (including phenoxy) is 1. The Bertz CT molecular complexity index is 738. The van der Waals surface area contributed by atoms with Crippen LogP contribution in [0.3, 0.4) is 0 Å². The monoisotopic (exact) mass is 327 g/mol. The molecule has 1 aromatic carbocycles. The van der Waals surface area contributed by atoms with Crippen molar-refractivity contribution in [2.45, 2.75) is 6.18 Å². The highest BCUT2D eigenvalue weighted by Gasteiger charge is 2.39. The Labute approximate surface area is 129 Å². The normalized spacial score (nSPS) is 11.7.